The Morgan fingerprint density at radius 1 is 1.10 bits per heavy atom. The molecule has 0 spiro atoms. The van der Waals surface area contributed by atoms with E-state index >= 15 is 0 Å². The van der Waals surface area contributed by atoms with E-state index in [1.54, 1.807) is 30.5 Å². The summed E-state index contributed by atoms with van der Waals surface area (Å²) >= 11 is 0. The lowest BCUT2D eigenvalue weighted by Crippen LogP contribution is -2.40. The van der Waals surface area contributed by atoms with Crippen LogP contribution in [0, 0.1) is 0 Å². The summed E-state index contributed by atoms with van der Waals surface area (Å²) in [5.74, 6) is -1.24. The van der Waals surface area contributed by atoms with Gasteiger partial charge < -0.3 is 5.11 Å². The van der Waals surface area contributed by atoms with E-state index in [1.165, 1.54) is 6.20 Å². The Hall–Kier alpha value is -3.69. The molecule has 29 heavy (non-hydrogen) atoms. The van der Waals surface area contributed by atoms with Crippen molar-refractivity contribution in [1.29, 1.82) is 0 Å². The van der Waals surface area contributed by atoms with Crippen molar-refractivity contribution in [2.75, 3.05) is 16.3 Å². The zero-order valence-corrected chi connectivity index (χ0v) is 14.7. The summed E-state index contributed by atoms with van der Waals surface area (Å²) < 4.78 is 38.2. The average Bonchev–Trinajstić information content (AvgIpc) is 3.04. The molecule has 1 atom stereocenters. The third-order valence-corrected chi connectivity index (χ3v) is 4.65. The van der Waals surface area contributed by atoms with Crippen LogP contribution < -0.4 is 9.80 Å². The van der Waals surface area contributed by atoms with Gasteiger partial charge in [0.2, 0.25) is 0 Å². The molecule has 0 unspecified atom stereocenters. The smallest absolute Gasteiger partial charge is 0.433 e. The van der Waals surface area contributed by atoms with Crippen molar-refractivity contribution in [3.05, 3.63) is 60.7 Å². The van der Waals surface area contributed by atoms with Gasteiger partial charge in [-0.05, 0) is 12.1 Å². The van der Waals surface area contributed by atoms with E-state index in [2.05, 4.69) is 9.97 Å². The van der Waals surface area contributed by atoms with E-state index in [9.17, 15) is 27.9 Å². The van der Waals surface area contributed by atoms with Crippen molar-refractivity contribution >= 4 is 34.1 Å². The van der Waals surface area contributed by atoms with E-state index in [-0.39, 0.29) is 12.2 Å². The van der Waals surface area contributed by atoms with E-state index in [0.717, 1.165) is 33.5 Å². The van der Waals surface area contributed by atoms with Crippen LogP contribution in [0.2, 0.25) is 0 Å². The van der Waals surface area contributed by atoms with Gasteiger partial charge in [0.15, 0.2) is 6.04 Å². The fourth-order valence-corrected chi connectivity index (χ4v) is 3.28. The third-order valence-electron chi connectivity index (χ3n) is 4.65. The molecule has 3 heterocycles. The van der Waals surface area contributed by atoms with E-state index in [1.807, 2.05) is 0 Å². The fourth-order valence-electron chi connectivity index (χ4n) is 3.28. The second-order valence-corrected chi connectivity index (χ2v) is 6.40. The van der Waals surface area contributed by atoms with Crippen LogP contribution in [0.3, 0.4) is 0 Å². The largest absolute Gasteiger partial charge is 0.480 e. The number of amides is 2. The summed E-state index contributed by atoms with van der Waals surface area (Å²) in [5, 5.41) is 11.0. The molecular formula is C19H13F3N4O3. The van der Waals surface area contributed by atoms with Crippen LogP contribution in [-0.4, -0.2) is 39.7 Å². The van der Waals surface area contributed by atoms with Crippen LogP contribution in [0.4, 0.5) is 29.3 Å². The number of urea groups is 1. The summed E-state index contributed by atoms with van der Waals surface area (Å²) in [6, 6.07) is 6.97. The van der Waals surface area contributed by atoms with Crippen LogP contribution in [0.1, 0.15) is 5.69 Å². The Bertz CT molecular complexity index is 1100. The van der Waals surface area contributed by atoms with Gasteiger partial charge >= 0.3 is 18.2 Å². The highest BCUT2D eigenvalue weighted by Crippen LogP contribution is 2.34. The van der Waals surface area contributed by atoms with Crippen LogP contribution >= 0.6 is 0 Å². The Balaban J connectivity index is 1.75. The Morgan fingerprint density at radius 3 is 2.52 bits per heavy atom. The molecule has 1 aromatic carbocycles. The lowest BCUT2D eigenvalue weighted by Gasteiger charge is -2.22. The first-order chi connectivity index (χ1) is 13.8. The van der Waals surface area contributed by atoms with Crippen molar-refractivity contribution in [2.24, 2.45) is 0 Å². The van der Waals surface area contributed by atoms with Gasteiger partial charge in [-0.2, -0.15) is 13.2 Å². The molecule has 1 aliphatic rings. The van der Waals surface area contributed by atoms with Crippen molar-refractivity contribution in [3.63, 3.8) is 0 Å². The molecule has 4 rings (SSSR count). The molecule has 2 aromatic heterocycles. The number of anilines is 2. The number of carbonyl (C=O) groups is 2. The fraction of sp³-hybridized carbons (Fsp3) is 0.158. The SMILES string of the molecule is O=C(O)[C@H]1CN(c2ccc(C(F)(F)F)nc2)C(=O)N1c1cncc2ccccc12. The van der Waals surface area contributed by atoms with Crippen molar-refractivity contribution < 1.29 is 27.9 Å². The number of carboxylic acid groups (broad SMARTS) is 1. The number of nitrogens with zero attached hydrogens (tertiary/aromatic N) is 4. The number of rotatable bonds is 3. The van der Waals surface area contributed by atoms with Crippen molar-refractivity contribution in [2.45, 2.75) is 12.2 Å². The maximum Gasteiger partial charge on any atom is 0.433 e. The maximum absolute atomic E-state index is 13.1. The zero-order chi connectivity index (χ0) is 20.8. The molecule has 1 N–H and O–H groups in total. The molecule has 2 amide bonds. The van der Waals surface area contributed by atoms with Crippen molar-refractivity contribution in [1.82, 2.24) is 9.97 Å². The lowest BCUT2D eigenvalue weighted by molar-refractivity contribution is -0.141. The first-order valence-corrected chi connectivity index (χ1v) is 8.47. The molecule has 1 aliphatic heterocycles. The highest BCUT2D eigenvalue weighted by atomic mass is 19.4. The van der Waals surface area contributed by atoms with Crippen LogP contribution in [-0.2, 0) is 11.0 Å². The summed E-state index contributed by atoms with van der Waals surface area (Å²) in [5.41, 5.74) is -0.717. The monoisotopic (exact) mass is 402 g/mol. The lowest BCUT2D eigenvalue weighted by atomic mass is 10.1. The topological polar surface area (TPSA) is 86.6 Å². The third kappa shape index (κ3) is 3.22. The molecule has 0 bridgehead atoms. The van der Waals surface area contributed by atoms with Gasteiger partial charge in [0.05, 0.1) is 30.3 Å². The average molecular weight is 402 g/mol. The van der Waals surface area contributed by atoms with Gasteiger partial charge in [0.1, 0.15) is 5.69 Å². The Morgan fingerprint density at radius 2 is 1.86 bits per heavy atom. The second kappa shape index (κ2) is 6.73. The van der Waals surface area contributed by atoms with Crippen LogP contribution in [0.15, 0.2) is 55.0 Å². The predicted octanol–water partition coefficient (Wildman–Crippen LogP) is 3.55. The number of aromatic nitrogens is 2. The molecule has 10 heteroatoms. The molecule has 0 radical (unpaired) electrons. The molecule has 1 saturated heterocycles. The van der Waals surface area contributed by atoms with Crippen LogP contribution in [0.25, 0.3) is 10.8 Å². The maximum atomic E-state index is 13.1. The number of carbonyl (C=O) groups excluding carboxylic acids is 1. The van der Waals surface area contributed by atoms with Gasteiger partial charge in [0.25, 0.3) is 0 Å². The Labute approximate surface area is 162 Å². The number of pyridine rings is 2. The normalized spacial score (nSPS) is 17.2. The minimum Gasteiger partial charge on any atom is -0.480 e. The molecule has 0 saturated carbocycles. The van der Waals surface area contributed by atoms with E-state index in [0.29, 0.717) is 11.1 Å². The molecule has 7 nitrogen and oxygen atoms in total. The number of fused-ring (bicyclic) bond motifs is 1. The first-order valence-electron chi connectivity index (χ1n) is 8.47. The predicted molar refractivity (Wildman–Crippen MR) is 97.6 cm³/mol. The van der Waals surface area contributed by atoms with Gasteiger partial charge in [-0.15, -0.1) is 0 Å². The van der Waals surface area contributed by atoms with Gasteiger partial charge in [-0.3, -0.25) is 14.8 Å². The second-order valence-electron chi connectivity index (χ2n) is 6.40. The van der Waals surface area contributed by atoms with E-state index < -0.39 is 29.9 Å². The zero-order valence-electron chi connectivity index (χ0n) is 14.7. The number of hydrogen-bond acceptors (Lipinski definition) is 4. The Kier molecular flexibility index (Phi) is 4.33. The summed E-state index contributed by atoms with van der Waals surface area (Å²) in [6.07, 6.45) is -0.723. The first kappa shape index (κ1) is 18.7. The summed E-state index contributed by atoms with van der Waals surface area (Å²) in [7, 11) is 0. The molecular weight excluding hydrogens is 389 g/mol. The van der Waals surface area contributed by atoms with Crippen molar-refractivity contribution in [3.8, 4) is 0 Å². The number of hydrogen-bond donors (Lipinski definition) is 1. The van der Waals surface area contributed by atoms with E-state index in [4.69, 9.17) is 0 Å². The standard InChI is InChI=1S/C19H13F3N4O3/c20-19(21,22)16-6-5-12(8-24-16)25-10-15(17(27)28)26(18(25)29)14-9-23-7-11-3-1-2-4-13(11)14/h1-9,15H,10H2,(H,27,28)/t15-/m1/s1. The van der Waals surface area contributed by atoms with Gasteiger partial charge in [0, 0.05) is 17.0 Å². The number of benzene rings is 1. The summed E-state index contributed by atoms with van der Waals surface area (Å²) in [6.45, 7) is -0.246. The number of aliphatic carboxylic acids is 1. The quantitative estimate of drug-likeness (QED) is 0.724. The van der Waals surface area contributed by atoms with Gasteiger partial charge in [-0.25, -0.2) is 14.6 Å². The number of carboxylic acids is 1. The molecule has 0 aliphatic carbocycles. The minimum atomic E-state index is -4.61. The number of halogens is 3. The minimum absolute atomic E-state index is 0.0740. The summed E-state index contributed by atoms with van der Waals surface area (Å²) in [4.78, 5) is 34.5. The molecule has 1 fully saturated rings. The molecule has 3 aromatic rings. The number of alkyl halides is 3. The molecule has 148 valence electrons. The van der Waals surface area contributed by atoms with Gasteiger partial charge in [-0.1, -0.05) is 24.3 Å². The highest BCUT2D eigenvalue weighted by molar-refractivity contribution is 6.14. The highest BCUT2D eigenvalue weighted by Gasteiger charge is 2.44. The van der Waals surface area contributed by atoms with Crippen LogP contribution in [0.5, 0.6) is 0 Å².